The maximum Gasteiger partial charge on any atom is 0.304 e. The van der Waals surface area contributed by atoms with Gasteiger partial charge in [0.2, 0.25) is 0 Å². The Labute approximate surface area is 85.7 Å². The van der Waals surface area contributed by atoms with Crippen molar-refractivity contribution in [2.24, 2.45) is 11.5 Å². The third-order valence-electron chi connectivity index (χ3n) is 2.22. The highest BCUT2D eigenvalue weighted by Gasteiger charge is 2.12. The number of carboxylic acid groups (broad SMARTS) is 1. The van der Waals surface area contributed by atoms with Gasteiger partial charge in [0.15, 0.2) is 0 Å². The van der Waals surface area contributed by atoms with Crippen LogP contribution in [0.25, 0.3) is 0 Å². The molecule has 2 atom stereocenters. The first-order valence-electron chi connectivity index (χ1n) is 5.29. The number of carboxylic acids is 1. The summed E-state index contributed by atoms with van der Waals surface area (Å²) in [5.74, 6) is -0.849. The Balaban J connectivity index is 3.49. The van der Waals surface area contributed by atoms with Crippen molar-refractivity contribution in [1.29, 1.82) is 0 Å². The Morgan fingerprint density at radius 1 is 1.29 bits per heavy atom. The second-order valence-electron chi connectivity index (χ2n) is 3.85. The maximum absolute atomic E-state index is 10.3. The van der Waals surface area contributed by atoms with Gasteiger partial charge in [0.25, 0.3) is 0 Å². The van der Waals surface area contributed by atoms with Gasteiger partial charge in [-0.1, -0.05) is 26.2 Å². The smallest absolute Gasteiger partial charge is 0.304 e. The molecule has 2 unspecified atom stereocenters. The molecule has 0 rings (SSSR count). The third kappa shape index (κ3) is 8.01. The van der Waals surface area contributed by atoms with E-state index in [1.54, 1.807) is 0 Å². The standard InChI is InChI=1S/C10H22N2O2/c1-2-3-4-5-8(11)6-9(12)7-10(13)14/h8-9H,2-7,11-12H2,1H3,(H,13,14). The topological polar surface area (TPSA) is 89.3 Å². The number of hydrogen-bond donors (Lipinski definition) is 3. The number of aliphatic carboxylic acids is 1. The molecular weight excluding hydrogens is 180 g/mol. The van der Waals surface area contributed by atoms with Crippen LogP contribution < -0.4 is 11.5 Å². The van der Waals surface area contributed by atoms with Crippen LogP contribution in [0.1, 0.15) is 45.4 Å². The SMILES string of the molecule is CCCCCC(N)CC(N)CC(=O)O. The second kappa shape index (κ2) is 7.76. The first-order chi connectivity index (χ1) is 6.56. The van der Waals surface area contributed by atoms with E-state index in [1.807, 2.05) is 0 Å². The zero-order valence-electron chi connectivity index (χ0n) is 8.91. The van der Waals surface area contributed by atoms with Crippen molar-refractivity contribution in [3.8, 4) is 0 Å². The van der Waals surface area contributed by atoms with Crippen LogP contribution in [-0.2, 0) is 4.79 Å². The van der Waals surface area contributed by atoms with Crippen LogP contribution >= 0.6 is 0 Å². The molecule has 0 aromatic carbocycles. The van der Waals surface area contributed by atoms with Crippen LogP contribution in [0.2, 0.25) is 0 Å². The summed E-state index contributed by atoms with van der Waals surface area (Å²) in [6.45, 7) is 2.14. The molecule has 0 aliphatic heterocycles. The summed E-state index contributed by atoms with van der Waals surface area (Å²) in [6, 6.07) is -0.250. The van der Waals surface area contributed by atoms with Gasteiger partial charge < -0.3 is 16.6 Å². The minimum atomic E-state index is -0.849. The summed E-state index contributed by atoms with van der Waals surface area (Å²) in [5, 5.41) is 8.49. The van der Waals surface area contributed by atoms with Crippen molar-refractivity contribution < 1.29 is 9.90 Å². The van der Waals surface area contributed by atoms with Gasteiger partial charge in [-0.15, -0.1) is 0 Å². The monoisotopic (exact) mass is 202 g/mol. The molecule has 0 saturated heterocycles. The van der Waals surface area contributed by atoms with E-state index in [0.717, 1.165) is 12.8 Å². The van der Waals surface area contributed by atoms with E-state index in [4.69, 9.17) is 16.6 Å². The normalized spacial score (nSPS) is 15.1. The van der Waals surface area contributed by atoms with Gasteiger partial charge in [0, 0.05) is 12.1 Å². The van der Waals surface area contributed by atoms with Crippen LogP contribution in [0, 0.1) is 0 Å². The number of unbranched alkanes of at least 4 members (excludes halogenated alkanes) is 2. The predicted molar refractivity (Wildman–Crippen MR) is 57.0 cm³/mol. The van der Waals surface area contributed by atoms with Crippen molar-refractivity contribution in [2.75, 3.05) is 0 Å². The molecular formula is C10H22N2O2. The molecule has 0 amide bonds. The van der Waals surface area contributed by atoms with E-state index < -0.39 is 5.97 Å². The summed E-state index contributed by atoms with van der Waals surface area (Å²) in [7, 11) is 0. The highest BCUT2D eigenvalue weighted by molar-refractivity contribution is 5.67. The predicted octanol–water partition coefficient (Wildman–Crippen LogP) is 1.09. The van der Waals surface area contributed by atoms with Gasteiger partial charge in [-0.2, -0.15) is 0 Å². The van der Waals surface area contributed by atoms with E-state index >= 15 is 0 Å². The molecule has 4 nitrogen and oxygen atoms in total. The van der Waals surface area contributed by atoms with E-state index in [-0.39, 0.29) is 18.5 Å². The summed E-state index contributed by atoms with van der Waals surface area (Å²) in [4.78, 5) is 10.3. The van der Waals surface area contributed by atoms with Crippen LogP contribution in [0.3, 0.4) is 0 Å². The van der Waals surface area contributed by atoms with Crippen molar-refractivity contribution in [1.82, 2.24) is 0 Å². The summed E-state index contributed by atoms with van der Waals surface area (Å²) in [5.41, 5.74) is 11.4. The van der Waals surface area contributed by atoms with Crippen molar-refractivity contribution in [3.63, 3.8) is 0 Å². The molecule has 14 heavy (non-hydrogen) atoms. The zero-order chi connectivity index (χ0) is 11.0. The average Bonchev–Trinajstić information content (AvgIpc) is 2.02. The first kappa shape index (κ1) is 13.4. The minimum absolute atomic E-state index is 0.0154. The highest BCUT2D eigenvalue weighted by Crippen LogP contribution is 2.07. The van der Waals surface area contributed by atoms with Crippen LogP contribution in [0.5, 0.6) is 0 Å². The number of nitrogens with two attached hydrogens (primary N) is 2. The zero-order valence-corrected chi connectivity index (χ0v) is 8.91. The van der Waals surface area contributed by atoms with E-state index in [0.29, 0.717) is 6.42 Å². The highest BCUT2D eigenvalue weighted by atomic mass is 16.4. The number of hydrogen-bond acceptors (Lipinski definition) is 3. The molecule has 4 heteroatoms. The van der Waals surface area contributed by atoms with Gasteiger partial charge in [-0.3, -0.25) is 4.79 Å². The fourth-order valence-corrected chi connectivity index (χ4v) is 1.47. The number of carbonyl (C=O) groups is 1. The summed E-state index contributed by atoms with van der Waals surface area (Å²) >= 11 is 0. The Bertz CT molecular complexity index is 162. The molecule has 0 aliphatic carbocycles. The van der Waals surface area contributed by atoms with Gasteiger partial charge >= 0.3 is 5.97 Å². The molecule has 0 radical (unpaired) electrons. The number of rotatable bonds is 8. The molecule has 0 saturated carbocycles. The van der Waals surface area contributed by atoms with E-state index in [2.05, 4.69) is 6.92 Å². The van der Waals surface area contributed by atoms with Gasteiger partial charge in [0.05, 0.1) is 6.42 Å². The summed E-state index contributed by atoms with van der Waals surface area (Å²) in [6.07, 6.45) is 5.03. The summed E-state index contributed by atoms with van der Waals surface area (Å²) < 4.78 is 0. The molecule has 5 N–H and O–H groups in total. The Morgan fingerprint density at radius 2 is 1.93 bits per heavy atom. The maximum atomic E-state index is 10.3. The fourth-order valence-electron chi connectivity index (χ4n) is 1.47. The average molecular weight is 202 g/mol. The molecule has 0 aliphatic rings. The van der Waals surface area contributed by atoms with E-state index in [9.17, 15) is 4.79 Å². The minimum Gasteiger partial charge on any atom is -0.481 e. The molecule has 0 spiro atoms. The molecule has 0 bridgehead atoms. The Morgan fingerprint density at radius 3 is 2.43 bits per heavy atom. The van der Waals surface area contributed by atoms with Crippen molar-refractivity contribution in [3.05, 3.63) is 0 Å². The Kier molecular flexibility index (Phi) is 7.42. The van der Waals surface area contributed by atoms with Gasteiger partial charge in [-0.25, -0.2) is 0 Å². The quantitative estimate of drug-likeness (QED) is 0.514. The molecule has 0 fully saturated rings. The van der Waals surface area contributed by atoms with Crippen LogP contribution in [0.15, 0.2) is 0 Å². The van der Waals surface area contributed by atoms with Gasteiger partial charge in [0.1, 0.15) is 0 Å². The lowest BCUT2D eigenvalue weighted by Crippen LogP contribution is -2.33. The second-order valence-corrected chi connectivity index (χ2v) is 3.85. The van der Waals surface area contributed by atoms with E-state index in [1.165, 1.54) is 12.8 Å². The van der Waals surface area contributed by atoms with Crippen LogP contribution in [0.4, 0.5) is 0 Å². The van der Waals surface area contributed by atoms with Crippen molar-refractivity contribution >= 4 is 5.97 Å². The molecule has 0 aromatic rings. The largest absolute Gasteiger partial charge is 0.481 e. The van der Waals surface area contributed by atoms with Crippen molar-refractivity contribution in [2.45, 2.75) is 57.5 Å². The molecule has 0 heterocycles. The Hall–Kier alpha value is -0.610. The van der Waals surface area contributed by atoms with Gasteiger partial charge in [-0.05, 0) is 12.8 Å². The lowest BCUT2D eigenvalue weighted by molar-refractivity contribution is -0.137. The first-order valence-corrected chi connectivity index (χ1v) is 5.29. The molecule has 0 aromatic heterocycles. The lowest BCUT2D eigenvalue weighted by Gasteiger charge is -2.15. The fraction of sp³-hybridized carbons (Fsp3) is 0.900. The van der Waals surface area contributed by atoms with Crippen LogP contribution in [-0.4, -0.2) is 23.2 Å². The molecule has 84 valence electrons. The third-order valence-corrected chi connectivity index (χ3v) is 2.22. The lowest BCUT2D eigenvalue weighted by atomic mass is 10.0.